The van der Waals surface area contributed by atoms with E-state index in [9.17, 15) is 4.79 Å². The molecular formula is C15H16O2. The molecule has 1 atom stereocenters. The van der Waals surface area contributed by atoms with Crippen molar-refractivity contribution in [2.24, 2.45) is 0 Å². The maximum absolute atomic E-state index is 11.8. The van der Waals surface area contributed by atoms with Gasteiger partial charge in [-0.05, 0) is 31.1 Å². The van der Waals surface area contributed by atoms with Crippen molar-refractivity contribution in [2.45, 2.75) is 25.9 Å². The number of benzene rings is 1. The van der Waals surface area contributed by atoms with E-state index in [0.717, 1.165) is 11.1 Å². The number of hydrogen-bond donors (Lipinski definition) is 0. The van der Waals surface area contributed by atoms with E-state index in [2.05, 4.69) is 6.58 Å². The number of carbonyl (C=O) groups excluding carboxylic acids is 1. The highest BCUT2D eigenvalue weighted by molar-refractivity contribution is 5.96. The third kappa shape index (κ3) is 2.31. The summed E-state index contributed by atoms with van der Waals surface area (Å²) in [6.07, 6.45) is 2.48. The van der Waals surface area contributed by atoms with Crippen molar-refractivity contribution in [3.8, 4) is 0 Å². The van der Waals surface area contributed by atoms with Gasteiger partial charge in [0.1, 0.15) is 5.60 Å². The maximum atomic E-state index is 11.8. The minimum Gasteiger partial charge on any atom is -0.451 e. The van der Waals surface area contributed by atoms with Gasteiger partial charge in [0, 0.05) is 12.0 Å². The van der Waals surface area contributed by atoms with E-state index in [1.807, 2.05) is 50.3 Å². The molecule has 1 aliphatic heterocycles. The molecule has 0 spiro atoms. The van der Waals surface area contributed by atoms with E-state index in [0.29, 0.717) is 12.0 Å². The van der Waals surface area contributed by atoms with Gasteiger partial charge in [-0.2, -0.15) is 0 Å². The molecule has 1 aromatic carbocycles. The standard InChI is InChI=1S/C15H16O2/c1-11(2)15(3)10-13(14(16)17-15)9-12-7-5-4-6-8-12/h4-9H,1,10H2,2-3H3/b13-9-. The first-order valence-corrected chi connectivity index (χ1v) is 5.66. The van der Waals surface area contributed by atoms with Gasteiger partial charge in [-0.25, -0.2) is 4.79 Å². The summed E-state index contributed by atoms with van der Waals surface area (Å²) in [7, 11) is 0. The quantitative estimate of drug-likeness (QED) is 0.441. The van der Waals surface area contributed by atoms with Gasteiger partial charge in [0.05, 0.1) is 0 Å². The molecule has 0 bridgehead atoms. The van der Waals surface area contributed by atoms with Gasteiger partial charge in [0.25, 0.3) is 0 Å². The average molecular weight is 228 g/mol. The zero-order chi connectivity index (χ0) is 12.5. The summed E-state index contributed by atoms with van der Waals surface area (Å²) in [5.74, 6) is -0.237. The molecule has 0 aromatic heterocycles. The summed E-state index contributed by atoms with van der Waals surface area (Å²) >= 11 is 0. The van der Waals surface area contributed by atoms with Gasteiger partial charge >= 0.3 is 5.97 Å². The summed E-state index contributed by atoms with van der Waals surface area (Å²) in [6, 6.07) is 9.79. The molecule has 88 valence electrons. The average Bonchev–Trinajstić information content (AvgIpc) is 2.57. The molecule has 1 aromatic rings. The molecule has 0 N–H and O–H groups in total. The summed E-state index contributed by atoms with van der Waals surface area (Å²) in [5.41, 5.74) is 2.06. The van der Waals surface area contributed by atoms with E-state index in [1.54, 1.807) is 0 Å². The Kier molecular flexibility index (Phi) is 2.88. The van der Waals surface area contributed by atoms with E-state index in [4.69, 9.17) is 4.74 Å². The van der Waals surface area contributed by atoms with Crippen molar-refractivity contribution < 1.29 is 9.53 Å². The smallest absolute Gasteiger partial charge is 0.335 e. The SMILES string of the molecule is C=C(C)C1(C)C/C(=C/c2ccccc2)C(=O)O1. The lowest BCUT2D eigenvalue weighted by Crippen LogP contribution is -2.24. The van der Waals surface area contributed by atoms with Crippen molar-refractivity contribution in [3.63, 3.8) is 0 Å². The fourth-order valence-electron chi connectivity index (χ4n) is 1.84. The number of rotatable bonds is 2. The van der Waals surface area contributed by atoms with Crippen molar-refractivity contribution >= 4 is 12.0 Å². The third-order valence-electron chi connectivity index (χ3n) is 3.15. The van der Waals surface area contributed by atoms with Crippen molar-refractivity contribution in [1.29, 1.82) is 0 Å². The van der Waals surface area contributed by atoms with Crippen LogP contribution in [0.4, 0.5) is 0 Å². The number of esters is 1. The van der Waals surface area contributed by atoms with Gasteiger partial charge < -0.3 is 4.74 Å². The molecule has 1 heterocycles. The molecule has 0 saturated carbocycles. The van der Waals surface area contributed by atoms with Crippen LogP contribution in [0.25, 0.3) is 6.08 Å². The molecule has 1 saturated heterocycles. The van der Waals surface area contributed by atoms with E-state index in [1.165, 1.54) is 0 Å². The predicted octanol–water partition coefficient (Wildman–Crippen LogP) is 3.35. The summed E-state index contributed by atoms with van der Waals surface area (Å²) in [5, 5.41) is 0. The largest absolute Gasteiger partial charge is 0.451 e. The lowest BCUT2D eigenvalue weighted by atomic mass is 9.92. The Morgan fingerprint density at radius 3 is 2.59 bits per heavy atom. The van der Waals surface area contributed by atoms with Crippen LogP contribution in [-0.2, 0) is 9.53 Å². The lowest BCUT2D eigenvalue weighted by Gasteiger charge is -2.21. The molecule has 2 rings (SSSR count). The topological polar surface area (TPSA) is 26.3 Å². The second kappa shape index (κ2) is 4.21. The first-order valence-electron chi connectivity index (χ1n) is 5.66. The first-order chi connectivity index (χ1) is 8.01. The number of cyclic esters (lactones) is 1. The Morgan fingerprint density at radius 2 is 2.06 bits per heavy atom. The van der Waals surface area contributed by atoms with Crippen LogP contribution in [0, 0.1) is 0 Å². The van der Waals surface area contributed by atoms with Crippen molar-refractivity contribution in [1.82, 2.24) is 0 Å². The normalized spacial score (nSPS) is 26.0. The van der Waals surface area contributed by atoms with Crippen LogP contribution in [0.15, 0.2) is 48.1 Å². The molecule has 1 aliphatic rings. The zero-order valence-corrected chi connectivity index (χ0v) is 10.2. The molecular weight excluding hydrogens is 212 g/mol. The van der Waals surface area contributed by atoms with Gasteiger partial charge in [-0.15, -0.1) is 0 Å². The van der Waals surface area contributed by atoms with Crippen LogP contribution in [0.5, 0.6) is 0 Å². The first kappa shape index (κ1) is 11.6. The second-order valence-electron chi connectivity index (χ2n) is 4.66. The molecule has 0 aliphatic carbocycles. The predicted molar refractivity (Wildman–Crippen MR) is 68.3 cm³/mol. The number of ether oxygens (including phenoxy) is 1. The van der Waals surface area contributed by atoms with Gasteiger partial charge in [0.2, 0.25) is 0 Å². The Bertz CT molecular complexity index is 485. The van der Waals surface area contributed by atoms with E-state index in [-0.39, 0.29) is 5.97 Å². The summed E-state index contributed by atoms with van der Waals surface area (Å²) in [4.78, 5) is 11.8. The highest BCUT2D eigenvalue weighted by Gasteiger charge is 2.40. The lowest BCUT2D eigenvalue weighted by molar-refractivity contribution is -0.142. The molecule has 1 fully saturated rings. The molecule has 17 heavy (non-hydrogen) atoms. The molecule has 2 nitrogen and oxygen atoms in total. The minimum absolute atomic E-state index is 0.237. The molecule has 0 amide bonds. The highest BCUT2D eigenvalue weighted by Crippen LogP contribution is 2.36. The van der Waals surface area contributed by atoms with Gasteiger partial charge in [-0.3, -0.25) is 0 Å². The highest BCUT2D eigenvalue weighted by atomic mass is 16.6. The third-order valence-corrected chi connectivity index (χ3v) is 3.15. The number of hydrogen-bond acceptors (Lipinski definition) is 2. The van der Waals surface area contributed by atoms with Crippen LogP contribution in [0.3, 0.4) is 0 Å². The van der Waals surface area contributed by atoms with Crippen LogP contribution in [-0.4, -0.2) is 11.6 Å². The Balaban J connectivity index is 2.28. The van der Waals surface area contributed by atoms with E-state index < -0.39 is 5.60 Å². The Labute approximate surface area is 102 Å². The molecule has 0 radical (unpaired) electrons. The van der Waals surface area contributed by atoms with Crippen LogP contribution in [0.2, 0.25) is 0 Å². The number of carbonyl (C=O) groups is 1. The van der Waals surface area contributed by atoms with Crippen molar-refractivity contribution in [3.05, 3.63) is 53.6 Å². The zero-order valence-electron chi connectivity index (χ0n) is 10.2. The molecule has 2 heteroatoms. The van der Waals surface area contributed by atoms with Crippen LogP contribution in [0.1, 0.15) is 25.8 Å². The summed E-state index contributed by atoms with van der Waals surface area (Å²) in [6.45, 7) is 7.67. The van der Waals surface area contributed by atoms with Crippen molar-refractivity contribution in [2.75, 3.05) is 0 Å². The Morgan fingerprint density at radius 1 is 1.41 bits per heavy atom. The van der Waals surface area contributed by atoms with Gasteiger partial charge in [-0.1, -0.05) is 36.9 Å². The monoisotopic (exact) mass is 228 g/mol. The fraction of sp³-hybridized carbons (Fsp3) is 0.267. The Hall–Kier alpha value is -1.83. The maximum Gasteiger partial charge on any atom is 0.335 e. The van der Waals surface area contributed by atoms with Crippen LogP contribution < -0.4 is 0 Å². The van der Waals surface area contributed by atoms with E-state index >= 15 is 0 Å². The fourth-order valence-corrected chi connectivity index (χ4v) is 1.84. The summed E-state index contributed by atoms with van der Waals surface area (Å²) < 4.78 is 5.39. The second-order valence-corrected chi connectivity index (χ2v) is 4.66. The minimum atomic E-state index is -0.544. The van der Waals surface area contributed by atoms with Crippen LogP contribution >= 0.6 is 0 Å². The van der Waals surface area contributed by atoms with Gasteiger partial charge in [0.15, 0.2) is 0 Å². The molecule has 1 unspecified atom stereocenters.